The molecule has 20 heavy (non-hydrogen) atoms. The van der Waals surface area contributed by atoms with Gasteiger partial charge in [-0.05, 0) is 24.5 Å². The number of halogens is 3. The Labute approximate surface area is 116 Å². The summed E-state index contributed by atoms with van der Waals surface area (Å²) >= 11 is 0. The Morgan fingerprint density at radius 1 is 1.30 bits per heavy atom. The summed E-state index contributed by atoms with van der Waals surface area (Å²) in [5.74, 6) is 0.378. The van der Waals surface area contributed by atoms with E-state index in [0.29, 0.717) is 12.5 Å². The predicted molar refractivity (Wildman–Crippen MR) is 68.7 cm³/mol. The Balaban J connectivity index is 1.73. The maximum atomic E-state index is 12.7. The molecule has 1 fully saturated rings. The Kier molecular flexibility index (Phi) is 5.25. The van der Waals surface area contributed by atoms with Gasteiger partial charge in [0.2, 0.25) is 0 Å². The van der Waals surface area contributed by atoms with Crippen LogP contribution in [0.5, 0.6) is 5.75 Å². The van der Waals surface area contributed by atoms with Crippen LogP contribution in [0.25, 0.3) is 0 Å². The summed E-state index contributed by atoms with van der Waals surface area (Å²) in [5.41, 5.74) is -0.732. The largest absolute Gasteiger partial charge is 0.492 e. The number of ether oxygens (including phenoxy) is 2. The normalized spacial score (nSPS) is 19.2. The van der Waals surface area contributed by atoms with Crippen molar-refractivity contribution < 1.29 is 22.6 Å². The van der Waals surface area contributed by atoms with Crippen molar-refractivity contribution in [3.05, 3.63) is 29.8 Å². The van der Waals surface area contributed by atoms with E-state index in [1.807, 2.05) is 0 Å². The number of hydrogen-bond donors (Lipinski definition) is 1. The highest BCUT2D eigenvalue weighted by Crippen LogP contribution is 2.35. The number of nitrogens with one attached hydrogen (secondary N) is 1. The fraction of sp³-hybridized carbons (Fsp3) is 0.571. The average molecular weight is 289 g/mol. The highest BCUT2D eigenvalue weighted by Gasteiger charge is 2.33. The molecule has 1 atom stereocenters. The molecule has 0 spiro atoms. The monoisotopic (exact) mass is 289 g/mol. The molecule has 3 nitrogen and oxygen atoms in total. The van der Waals surface area contributed by atoms with Crippen LogP contribution in [0.4, 0.5) is 13.2 Å². The molecule has 0 amide bonds. The minimum Gasteiger partial charge on any atom is -0.492 e. The Bertz CT molecular complexity index is 417. The van der Waals surface area contributed by atoms with Crippen molar-refractivity contribution in [2.24, 2.45) is 5.92 Å². The second-order valence-corrected chi connectivity index (χ2v) is 4.78. The highest BCUT2D eigenvalue weighted by atomic mass is 19.4. The molecule has 0 radical (unpaired) electrons. The minimum atomic E-state index is -4.38. The molecule has 1 saturated heterocycles. The SMILES string of the molecule is FC(F)(F)c1ccccc1OCCNCC1CCOC1. The summed E-state index contributed by atoms with van der Waals surface area (Å²) < 4.78 is 48.6. The van der Waals surface area contributed by atoms with Crippen LogP contribution in [-0.2, 0) is 10.9 Å². The molecule has 1 heterocycles. The van der Waals surface area contributed by atoms with Crippen molar-refractivity contribution in [2.45, 2.75) is 12.6 Å². The van der Waals surface area contributed by atoms with E-state index >= 15 is 0 Å². The molecule has 0 bridgehead atoms. The minimum absolute atomic E-state index is 0.119. The van der Waals surface area contributed by atoms with Gasteiger partial charge in [-0.25, -0.2) is 0 Å². The second-order valence-electron chi connectivity index (χ2n) is 4.78. The van der Waals surface area contributed by atoms with Gasteiger partial charge in [0.05, 0.1) is 12.2 Å². The van der Waals surface area contributed by atoms with Crippen LogP contribution in [0.15, 0.2) is 24.3 Å². The van der Waals surface area contributed by atoms with E-state index in [1.54, 1.807) is 0 Å². The van der Waals surface area contributed by atoms with Gasteiger partial charge in [-0.3, -0.25) is 0 Å². The molecule has 1 N–H and O–H groups in total. The van der Waals surface area contributed by atoms with Crippen LogP contribution in [-0.4, -0.2) is 32.9 Å². The van der Waals surface area contributed by atoms with Gasteiger partial charge in [0, 0.05) is 19.7 Å². The summed E-state index contributed by atoms with van der Waals surface area (Å²) in [4.78, 5) is 0. The maximum absolute atomic E-state index is 12.7. The van der Waals surface area contributed by atoms with Crippen molar-refractivity contribution in [1.29, 1.82) is 0 Å². The zero-order chi connectivity index (χ0) is 14.4. The number of rotatable bonds is 6. The van der Waals surface area contributed by atoms with E-state index < -0.39 is 11.7 Å². The smallest absolute Gasteiger partial charge is 0.419 e. The summed E-state index contributed by atoms with van der Waals surface area (Å²) in [5, 5.41) is 3.17. The second kappa shape index (κ2) is 6.95. The van der Waals surface area contributed by atoms with E-state index in [2.05, 4.69) is 5.32 Å². The lowest BCUT2D eigenvalue weighted by atomic mass is 10.1. The molecule has 1 aromatic rings. The third-order valence-corrected chi connectivity index (χ3v) is 3.19. The number of hydrogen-bond acceptors (Lipinski definition) is 3. The number of alkyl halides is 3. The van der Waals surface area contributed by atoms with Crippen LogP contribution in [0, 0.1) is 5.92 Å². The Morgan fingerprint density at radius 3 is 2.80 bits per heavy atom. The van der Waals surface area contributed by atoms with E-state index in [9.17, 15) is 13.2 Å². The van der Waals surface area contributed by atoms with Gasteiger partial charge in [-0.1, -0.05) is 12.1 Å². The van der Waals surface area contributed by atoms with Crippen LogP contribution in [0.2, 0.25) is 0 Å². The lowest BCUT2D eigenvalue weighted by Crippen LogP contribution is -2.27. The van der Waals surface area contributed by atoms with Crippen LogP contribution >= 0.6 is 0 Å². The van der Waals surface area contributed by atoms with Crippen molar-refractivity contribution in [3.63, 3.8) is 0 Å². The van der Waals surface area contributed by atoms with Gasteiger partial charge in [0.25, 0.3) is 0 Å². The summed E-state index contributed by atoms with van der Waals surface area (Å²) in [6.07, 6.45) is -3.35. The van der Waals surface area contributed by atoms with Gasteiger partial charge in [-0.15, -0.1) is 0 Å². The van der Waals surface area contributed by atoms with Gasteiger partial charge < -0.3 is 14.8 Å². The first-order valence-electron chi connectivity index (χ1n) is 6.65. The fourth-order valence-corrected chi connectivity index (χ4v) is 2.11. The zero-order valence-corrected chi connectivity index (χ0v) is 11.1. The first-order chi connectivity index (χ1) is 9.57. The molecule has 0 saturated carbocycles. The molecule has 6 heteroatoms. The maximum Gasteiger partial charge on any atom is 0.419 e. The first-order valence-corrected chi connectivity index (χ1v) is 6.65. The lowest BCUT2D eigenvalue weighted by Gasteiger charge is -2.14. The Hall–Kier alpha value is -1.27. The molecular formula is C14H18F3NO2. The van der Waals surface area contributed by atoms with Gasteiger partial charge >= 0.3 is 6.18 Å². The quantitative estimate of drug-likeness (QED) is 0.817. The highest BCUT2D eigenvalue weighted by molar-refractivity contribution is 5.35. The standard InChI is InChI=1S/C14H18F3NO2/c15-14(16,17)12-3-1-2-4-13(12)20-8-6-18-9-11-5-7-19-10-11/h1-4,11,18H,5-10H2. The predicted octanol–water partition coefficient (Wildman–Crippen LogP) is 2.71. The molecule has 2 rings (SSSR count). The van der Waals surface area contributed by atoms with Crippen molar-refractivity contribution in [1.82, 2.24) is 5.32 Å². The van der Waals surface area contributed by atoms with Crippen molar-refractivity contribution in [3.8, 4) is 5.75 Å². The molecule has 112 valence electrons. The third-order valence-electron chi connectivity index (χ3n) is 3.19. The summed E-state index contributed by atoms with van der Waals surface area (Å²) in [6.45, 7) is 3.08. The lowest BCUT2D eigenvalue weighted by molar-refractivity contribution is -0.138. The molecule has 1 aromatic carbocycles. The summed E-state index contributed by atoms with van der Waals surface area (Å²) in [7, 11) is 0. The summed E-state index contributed by atoms with van der Waals surface area (Å²) in [6, 6.07) is 5.26. The van der Waals surface area contributed by atoms with E-state index in [4.69, 9.17) is 9.47 Å². The van der Waals surface area contributed by atoms with Crippen LogP contribution < -0.4 is 10.1 Å². The molecular weight excluding hydrogens is 271 g/mol. The fourth-order valence-electron chi connectivity index (χ4n) is 2.11. The van der Waals surface area contributed by atoms with E-state index in [-0.39, 0.29) is 12.4 Å². The molecule has 0 aliphatic carbocycles. The number of para-hydroxylation sites is 1. The first kappa shape index (κ1) is 15.1. The average Bonchev–Trinajstić information content (AvgIpc) is 2.91. The topological polar surface area (TPSA) is 30.5 Å². The Morgan fingerprint density at radius 2 is 2.10 bits per heavy atom. The van der Waals surface area contributed by atoms with Gasteiger partial charge in [0.1, 0.15) is 12.4 Å². The van der Waals surface area contributed by atoms with Gasteiger partial charge in [0.15, 0.2) is 0 Å². The molecule has 1 unspecified atom stereocenters. The van der Waals surface area contributed by atoms with Crippen molar-refractivity contribution >= 4 is 0 Å². The molecule has 1 aliphatic heterocycles. The van der Waals surface area contributed by atoms with E-state index in [1.165, 1.54) is 18.2 Å². The zero-order valence-electron chi connectivity index (χ0n) is 11.1. The number of benzene rings is 1. The van der Waals surface area contributed by atoms with Crippen LogP contribution in [0.1, 0.15) is 12.0 Å². The van der Waals surface area contributed by atoms with Gasteiger partial charge in [-0.2, -0.15) is 13.2 Å². The van der Waals surface area contributed by atoms with Crippen molar-refractivity contribution in [2.75, 3.05) is 32.9 Å². The van der Waals surface area contributed by atoms with E-state index in [0.717, 1.165) is 32.2 Å². The van der Waals surface area contributed by atoms with Crippen LogP contribution in [0.3, 0.4) is 0 Å². The molecule has 0 aromatic heterocycles. The molecule has 1 aliphatic rings. The third kappa shape index (κ3) is 4.38.